The quantitative estimate of drug-likeness (QED) is 0.478. The predicted molar refractivity (Wildman–Crippen MR) is 81.0 cm³/mol. The Kier molecular flexibility index (Phi) is 56.2. The molecule has 0 atom stereocenters. The second-order valence-electron chi connectivity index (χ2n) is 2.89. The molecular formula is C16H34. The highest BCUT2D eigenvalue weighted by Crippen LogP contribution is 1.81. The van der Waals surface area contributed by atoms with Crippen LogP contribution in [0.4, 0.5) is 0 Å². The standard InChI is InChI=1S/C6H6.C4H10.3C2H6/c1-2-4-6-5-3-1;1-4(2)3;3*1-2/h1-6H;4H,1-3H3;3*1-2H3. The molecule has 0 aliphatic rings. The molecule has 0 saturated carbocycles. The molecular weight excluding hydrogens is 192 g/mol. The summed E-state index contributed by atoms with van der Waals surface area (Å²) in [5, 5.41) is 0. The van der Waals surface area contributed by atoms with Crippen molar-refractivity contribution < 1.29 is 0 Å². The zero-order valence-corrected chi connectivity index (χ0v) is 13.0. The van der Waals surface area contributed by atoms with Gasteiger partial charge in [-0.05, 0) is 5.92 Å². The van der Waals surface area contributed by atoms with Crippen LogP contribution in [0.3, 0.4) is 0 Å². The molecule has 0 nitrogen and oxygen atoms in total. The Balaban J connectivity index is -0.0000000639. The average Bonchev–Trinajstić information content (AvgIpc) is 2.38. The molecule has 0 aliphatic heterocycles. The Labute approximate surface area is 105 Å². The first-order valence-electron chi connectivity index (χ1n) is 6.73. The third-order valence-electron chi connectivity index (χ3n) is 0.667. The monoisotopic (exact) mass is 226 g/mol. The maximum atomic E-state index is 2.17. The van der Waals surface area contributed by atoms with Crippen LogP contribution in [0.5, 0.6) is 0 Å². The highest BCUT2D eigenvalue weighted by molar-refractivity contribution is 4.99. The van der Waals surface area contributed by atoms with Crippen molar-refractivity contribution in [1.29, 1.82) is 0 Å². The highest BCUT2D eigenvalue weighted by atomic mass is 13.7. The fraction of sp³-hybridized carbons (Fsp3) is 0.625. The fourth-order valence-corrected chi connectivity index (χ4v) is 0.385. The molecule has 0 bridgehead atoms. The molecule has 0 aromatic heterocycles. The summed E-state index contributed by atoms with van der Waals surface area (Å²) in [6, 6.07) is 12.0. The average molecular weight is 226 g/mol. The lowest BCUT2D eigenvalue weighted by atomic mass is 10.3. The lowest BCUT2D eigenvalue weighted by Crippen LogP contribution is -1.66. The largest absolute Gasteiger partial charge is 0.0683 e. The van der Waals surface area contributed by atoms with Crippen LogP contribution in [0.25, 0.3) is 0 Å². The van der Waals surface area contributed by atoms with Crippen LogP contribution in [-0.4, -0.2) is 0 Å². The zero-order valence-electron chi connectivity index (χ0n) is 13.0. The van der Waals surface area contributed by atoms with Crippen LogP contribution in [0.1, 0.15) is 62.3 Å². The third kappa shape index (κ3) is 72.4. The van der Waals surface area contributed by atoms with Crippen molar-refractivity contribution in [2.24, 2.45) is 5.92 Å². The topological polar surface area (TPSA) is 0 Å². The highest BCUT2D eigenvalue weighted by Gasteiger charge is 1.68. The van der Waals surface area contributed by atoms with Gasteiger partial charge in [0.25, 0.3) is 0 Å². The van der Waals surface area contributed by atoms with E-state index in [2.05, 4.69) is 20.8 Å². The Morgan fingerprint density at radius 3 is 0.562 bits per heavy atom. The van der Waals surface area contributed by atoms with E-state index in [0.29, 0.717) is 0 Å². The fourth-order valence-electron chi connectivity index (χ4n) is 0.385. The molecule has 0 aliphatic carbocycles. The van der Waals surface area contributed by atoms with Gasteiger partial charge >= 0.3 is 0 Å². The van der Waals surface area contributed by atoms with Crippen LogP contribution in [-0.2, 0) is 0 Å². The van der Waals surface area contributed by atoms with Gasteiger partial charge in [-0.3, -0.25) is 0 Å². The predicted octanol–water partition coefficient (Wildman–Crippen LogP) is 6.43. The van der Waals surface area contributed by atoms with E-state index in [1.165, 1.54) is 0 Å². The van der Waals surface area contributed by atoms with Crippen molar-refractivity contribution in [3.05, 3.63) is 36.4 Å². The number of benzene rings is 1. The van der Waals surface area contributed by atoms with Crippen LogP contribution in [0.2, 0.25) is 0 Å². The Bertz CT molecular complexity index is 101. The lowest BCUT2D eigenvalue weighted by Gasteiger charge is -1.79. The van der Waals surface area contributed by atoms with E-state index < -0.39 is 0 Å². The second kappa shape index (κ2) is 36.8. The van der Waals surface area contributed by atoms with Gasteiger partial charge in [-0.1, -0.05) is 98.7 Å². The maximum Gasteiger partial charge on any atom is -0.0500 e. The van der Waals surface area contributed by atoms with Crippen LogP contribution < -0.4 is 0 Å². The summed E-state index contributed by atoms with van der Waals surface area (Å²) >= 11 is 0. The van der Waals surface area contributed by atoms with E-state index in [0.717, 1.165) is 5.92 Å². The molecule has 98 valence electrons. The molecule has 0 radical (unpaired) electrons. The van der Waals surface area contributed by atoms with Gasteiger partial charge < -0.3 is 0 Å². The van der Waals surface area contributed by atoms with Gasteiger partial charge in [0, 0.05) is 0 Å². The van der Waals surface area contributed by atoms with Gasteiger partial charge in [-0.15, -0.1) is 0 Å². The van der Waals surface area contributed by atoms with Crippen molar-refractivity contribution in [3.8, 4) is 0 Å². The zero-order chi connectivity index (χ0) is 13.8. The van der Waals surface area contributed by atoms with Gasteiger partial charge in [0.2, 0.25) is 0 Å². The molecule has 0 amide bonds. The Morgan fingerprint density at radius 2 is 0.500 bits per heavy atom. The smallest absolute Gasteiger partial charge is 0.0500 e. The Morgan fingerprint density at radius 1 is 0.438 bits per heavy atom. The molecule has 0 heteroatoms. The summed E-state index contributed by atoms with van der Waals surface area (Å²) < 4.78 is 0. The summed E-state index contributed by atoms with van der Waals surface area (Å²) in [4.78, 5) is 0. The van der Waals surface area contributed by atoms with Crippen LogP contribution >= 0.6 is 0 Å². The van der Waals surface area contributed by atoms with Crippen LogP contribution in [0.15, 0.2) is 36.4 Å². The summed E-state index contributed by atoms with van der Waals surface area (Å²) in [7, 11) is 0. The first-order valence-corrected chi connectivity index (χ1v) is 6.73. The molecule has 0 spiro atoms. The van der Waals surface area contributed by atoms with E-state index in [1.54, 1.807) is 0 Å². The third-order valence-corrected chi connectivity index (χ3v) is 0.667. The molecule has 1 aromatic rings. The molecule has 1 aromatic carbocycles. The van der Waals surface area contributed by atoms with Gasteiger partial charge in [-0.2, -0.15) is 0 Å². The van der Waals surface area contributed by atoms with Crippen molar-refractivity contribution >= 4 is 0 Å². The van der Waals surface area contributed by atoms with Crippen LogP contribution in [0, 0.1) is 5.92 Å². The minimum absolute atomic E-state index is 0.833. The summed E-state index contributed by atoms with van der Waals surface area (Å²) in [6.07, 6.45) is 0. The normalized spacial score (nSPS) is 6.38. The minimum atomic E-state index is 0.833. The molecule has 0 N–H and O–H groups in total. The summed E-state index contributed by atoms with van der Waals surface area (Å²) in [5.74, 6) is 0.833. The van der Waals surface area contributed by atoms with E-state index in [1.807, 2.05) is 77.9 Å². The van der Waals surface area contributed by atoms with Gasteiger partial charge in [0.1, 0.15) is 0 Å². The number of hydrogen-bond donors (Lipinski definition) is 0. The van der Waals surface area contributed by atoms with Gasteiger partial charge in [0.05, 0.1) is 0 Å². The van der Waals surface area contributed by atoms with Crippen molar-refractivity contribution in [3.63, 3.8) is 0 Å². The number of hydrogen-bond acceptors (Lipinski definition) is 0. The Hall–Kier alpha value is -0.780. The summed E-state index contributed by atoms with van der Waals surface area (Å²) in [5.41, 5.74) is 0. The van der Waals surface area contributed by atoms with Gasteiger partial charge in [-0.25, -0.2) is 0 Å². The SMILES string of the molecule is CC.CC.CC.CC(C)C.c1ccccc1. The van der Waals surface area contributed by atoms with Crippen molar-refractivity contribution in [1.82, 2.24) is 0 Å². The van der Waals surface area contributed by atoms with E-state index in [-0.39, 0.29) is 0 Å². The van der Waals surface area contributed by atoms with Crippen molar-refractivity contribution in [2.75, 3.05) is 0 Å². The van der Waals surface area contributed by atoms with E-state index >= 15 is 0 Å². The molecule has 0 saturated heterocycles. The number of rotatable bonds is 0. The molecule has 16 heavy (non-hydrogen) atoms. The van der Waals surface area contributed by atoms with E-state index in [9.17, 15) is 0 Å². The second-order valence-corrected chi connectivity index (χ2v) is 2.89. The lowest BCUT2D eigenvalue weighted by molar-refractivity contribution is 0.737. The molecule has 0 heterocycles. The summed E-state index contributed by atoms with van der Waals surface area (Å²) in [6.45, 7) is 18.5. The van der Waals surface area contributed by atoms with Gasteiger partial charge in [0.15, 0.2) is 0 Å². The minimum Gasteiger partial charge on any atom is -0.0683 e. The van der Waals surface area contributed by atoms with Crippen molar-refractivity contribution in [2.45, 2.75) is 62.3 Å². The molecule has 0 fully saturated rings. The molecule has 1 rings (SSSR count). The van der Waals surface area contributed by atoms with E-state index in [4.69, 9.17) is 0 Å². The molecule has 0 unspecified atom stereocenters. The first kappa shape index (κ1) is 24.4. The first-order chi connectivity index (χ1) is 7.73. The maximum absolute atomic E-state index is 2.17.